The second kappa shape index (κ2) is 8.52. The summed E-state index contributed by atoms with van der Waals surface area (Å²) >= 11 is 1.17. The Morgan fingerprint density at radius 2 is 1.70 bits per heavy atom. The van der Waals surface area contributed by atoms with Crippen molar-refractivity contribution in [3.63, 3.8) is 0 Å². The van der Waals surface area contributed by atoms with Gasteiger partial charge in [0.1, 0.15) is 4.88 Å². The maximum Gasteiger partial charge on any atom is 0.368 e. The molecule has 1 saturated heterocycles. The lowest BCUT2D eigenvalue weighted by atomic mass is 10.1. The van der Waals surface area contributed by atoms with E-state index in [-0.39, 0.29) is 4.90 Å². The molecule has 0 unspecified atom stereocenters. The number of carbonyl (C=O) groups excluding carboxylic acids is 1. The highest BCUT2D eigenvalue weighted by Crippen LogP contribution is 2.27. The number of sulfonamides is 1. The summed E-state index contributed by atoms with van der Waals surface area (Å²) in [5, 5.41) is 0.638. The summed E-state index contributed by atoms with van der Waals surface area (Å²) in [4.78, 5) is 22.5. The molecule has 0 aliphatic carbocycles. The van der Waals surface area contributed by atoms with Gasteiger partial charge in [0.2, 0.25) is 10.0 Å². The minimum absolute atomic E-state index is 0.277. The largest absolute Gasteiger partial charge is 0.369 e. The first-order chi connectivity index (χ1) is 14.5. The molecule has 3 aromatic rings. The molecule has 8 nitrogen and oxygen atoms in total. The number of carbonyl (C=O) groups is 1. The minimum Gasteiger partial charge on any atom is -0.369 e. The molecular formula is C20H20N4O4S2. The topological polar surface area (TPSA) is 106 Å². The Morgan fingerprint density at radius 3 is 2.40 bits per heavy atom. The van der Waals surface area contributed by atoms with Crippen LogP contribution in [0, 0.1) is 0 Å². The van der Waals surface area contributed by atoms with Gasteiger partial charge >= 0.3 is 5.97 Å². The number of rotatable bonds is 5. The van der Waals surface area contributed by atoms with E-state index in [9.17, 15) is 13.2 Å². The van der Waals surface area contributed by atoms with E-state index in [1.165, 1.54) is 21.8 Å². The van der Waals surface area contributed by atoms with Gasteiger partial charge in [0, 0.05) is 26.2 Å². The van der Waals surface area contributed by atoms with E-state index in [1.807, 2.05) is 41.3 Å². The molecule has 1 aromatic heterocycles. The molecule has 2 aromatic carbocycles. The Bertz CT molecular complexity index is 1140. The predicted octanol–water partition coefficient (Wildman–Crippen LogP) is 2.35. The maximum absolute atomic E-state index is 13.2. The summed E-state index contributed by atoms with van der Waals surface area (Å²) in [7, 11) is -3.61. The van der Waals surface area contributed by atoms with Crippen LogP contribution in [0.5, 0.6) is 0 Å². The van der Waals surface area contributed by atoms with Crippen LogP contribution >= 0.6 is 11.3 Å². The minimum atomic E-state index is -3.61. The molecule has 0 spiro atoms. The Labute approximate surface area is 178 Å². The molecule has 156 valence electrons. The molecule has 0 atom stereocenters. The molecule has 2 heterocycles. The average molecular weight is 445 g/mol. The first-order valence-electron chi connectivity index (χ1n) is 9.26. The van der Waals surface area contributed by atoms with Crippen LogP contribution in [-0.2, 0) is 14.9 Å². The highest BCUT2D eigenvalue weighted by Gasteiger charge is 2.30. The van der Waals surface area contributed by atoms with E-state index in [0.29, 0.717) is 36.2 Å². The van der Waals surface area contributed by atoms with Crippen LogP contribution in [0.25, 0.3) is 11.1 Å². The Hall–Kier alpha value is -2.79. The zero-order valence-electron chi connectivity index (χ0n) is 16.0. The van der Waals surface area contributed by atoms with Crippen molar-refractivity contribution in [2.45, 2.75) is 4.90 Å². The maximum atomic E-state index is 13.2. The molecule has 4 rings (SSSR count). The molecular weight excluding hydrogens is 424 g/mol. The number of piperazine rings is 1. The van der Waals surface area contributed by atoms with Gasteiger partial charge < -0.3 is 9.74 Å². The first-order valence-corrected chi connectivity index (χ1v) is 11.5. The molecule has 0 radical (unpaired) electrons. The highest BCUT2D eigenvalue weighted by molar-refractivity contribution is 7.89. The van der Waals surface area contributed by atoms with Crippen LogP contribution in [0.4, 0.5) is 5.13 Å². The van der Waals surface area contributed by atoms with E-state index in [1.54, 1.807) is 18.2 Å². The monoisotopic (exact) mass is 444 g/mol. The second-order valence-corrected chi connectivity index (χ2v) is 9.64. The van der Waals surface area contributed by atoms with Crippen molar-refractivity contribution in [1.29, 1.82) is 0 Å². The van der Waals surface area contributed by atoms with Crippen molar-refractivity contribution in [1.82, 2.24) is 9.29 Å². The van der Waals surface area contributed by atoms with E-state index in [0.717, 1.165) is 11.1 Å². The van der Waals surface area contributed by atoms with Crippen molar-refractivity contribution in [3.05, 3.63) is 65.7 Å². The van der Waals surface area contributed by atoms with Crippen LogP contribution in [0.1, 0.15) is 9.67 Å². The quantitative estimate of drug-likeness (QED) is 0.602. The highest BCUT2D eigenvalue weighted by atomic mass is 32.2. The van der Waals surface area contributed by atoms with Gasteiger partial charge in [-0.3, -0.25) is 0 Å². The van der Waals surface area contributed by atoms with E-state index in [2.05, 4.69) is 9.82 Å². The lowest BCUT2D eigenvalue weighted by Gasteiger charge is -2.33. The number of hydrogen-bond donors (Lipinski definition) is 1. The molecule has 0 saturated carbocycles. The molecule has 1 aliphatic heterocycles. The van der Waals surface area contributed by atoms with Crippen molar-refractivity contribution in [2.24, 2.45) is 5.90 Å². The summed E-state index contributed by atoms with van der Waals surface area (Å²) in [6.45, 7) is 1.60. The SMILES string of the molecule is NOC(=O)c1cnc(N2CCN(S(=O)(=O)c3cccc(-c4ccccc4)c3)CC2)s1. The third kappa shape index (κ3) is 4.08. The van der Waals surface area contributed by atoms with Crippen LogP contribution in [-0.4, -0.2) is 49.9 Å². The number of benzene rings is 2. The van der Waals surface area contributed by atoms with Crippen molar-refractivity contribution < 1.29 is 18.0 Å². The Morgan fingerprint density at radius 1 is 1.00 bits per heavy atom. The van der Waals surface area contributed by atoms with Crippen molar-refractivity contribution in [3.8, 4) is 11.1 Å². The number of nitrogens with two attached hydrogens (primary N) is 1. The molecule has 0 amide bonds. The third-order valence-corrected chi connectivity index (χ3v) is 7.82. The van der Waals surface area contributed by atoms with Gasteiger partial charge in [0.25, 0.3) is 0 Å². The Kier molecular flexibility index (Phi) is 5.82. The Balaban J connectivity index is 1.48. The van der Waals surface area contributed by atoms with Crippen LogP contribution in [0.2, 0.25) is 0 Å². The summed E-state index contributed by atoms with van der Waals surface area (Å²) in [5.41, 5.74) is 1.83. The molecule has 2 N–H and O–H groups in total. The van der Waals surface area contributed by atoms with Crippen molar-refractivity contribution >= 4 is 32.5 Å². The summed E-state index contributed by atoms with van der Waals surface area (Å²) in [6.07, 6.45) is 1.41. The van der Waals surface area contributed by atoms with Gasteiger partial charge in [-0.15, -0.1) is 0 Å². The third-order valence-electron chi connectivity index (χ3n) is 4.89. The standard InChI is InChI=1S/C20H20N4O4S2/c21-28-19(25)18-14-22-20(29-18)23-9-11-24(12-10-23)30(26,27)17-8-4-7-16(13-17)15-5-2-1-3-6-15/h1-8,13-14H,9-12,21H2. The average Bonchev–Trinajstić information content (AvgIpc) is 3.30. The zero-order chi connectivity index (χ0) is 21.1. The summed E-state index contributed by atoms with van der Waals surface area (Å²) in [6, 6.07) is 16.7. The van der Waals surface area contributed by atoms with Gasteiger partial charge in [-0.1, -0.05) is 53.8 Å². The van der Waals surface area contributed by atoms with Gasteiger partial charge in [0.15, 0.2) is 5.13 Å². The predicted molar refractivity (Wildman–Crippen MR) is 115 cm³/mol. The molecule has 1 fully saturated rings. The van der Waals surface area contributed by atoms with E-state index in [4.69, 9.17) is 5.90 Å². The van der Waals surface area contributed by atoms with Gasteiger partial charge in [-0.05, 0) is 23.3 Å². The van der Waals surface area contributed by atoms with Gasteiger partial charge in [0.05, 0.1) is 11.1 Å². The van der Waals surface area contributed by atoms with E-state index >= 15 is 0 Å². The summed E-state index contributed by atoms with van der Waals surface area (Å²) < 4.78 is 27.8. The normalized spacial score (nSPS) is 15.2. The zero-order valence-corrected chi connectivity index (χ0v) is 17.6. The van der Waals surface area contributed by atoms with Crippen LogP contribution < -0.4 is 10.8 Å². The lowest BCUT2D eigenvalue weighted by molar-refractivity contribution is 0.0509. The number of thiazole rings is 1. The number of aromatic nitrogens is 1. The first kappa shape index (κ1) is 20.5. The second-order valence-electron chi connectivity index (χ2n) is 6.70. The smallest absolute Gasteiger partial charge is 0.368 e. The fraction of sp³-hybridized carbons (Fsp3) is 0.200. The fourth-order valence-corrected chi connectivity index (χ4v) is 5.62. The van der Waals surface area contributed by atoms with Crippen LogP contribution in [0.15, 0.2) is 65.7 Å². The fourth-order valence-electron chi connectivity index (χ4n) is 3.30. The van der Waals surface area contributed by atoms with E-state index < -0.39 is 16.0 Å². The lowest BCUT2D eigenvalue weighted by Crippen LogP contribution is -2.48. The molecule has 0 bridgehead atoms. The molecule has 30 heavy (non-hydrogen) atoms. The number of hydrogen-bond acceptors (Lipinski definition) is 8. The van der Waals surface area contributed by atoms with Crippen LogP contribution in [0.3, 0.4) is 0 Å². The van der Waals surface area contributed by atoms with Gasteiger partial charge in [-0.25, -0.2) is 18.2 Å². The molecule has 1 aliphatic rings. The molecule has 10 heteroatoms. The number of anilines is 1. The van der Waals surface area contributed by atoms with Crippen molar-refractivity contribution in [2.75, 3.05) is 31.1 Å². The summed E-state index contributed by atoms with van der Waals surface area (Å²) in [5.74, 6) is 4.26. The van der Waals surface area contributed by atoms with Gasteiger partial charge in [-0.2, -0.15) is 10.2 Å². The number of nitrogens with zero attached hydrogens (tertiary/aromatic N) is 3.